The normalized spacial score (nSPS) is 12.6. The summed E-state index contributed by atoms with van der Waals surface area (Å²) < 4.78 is 29.7. The molecule has 0 fully saturated rings. The van der Waals surface area contributed by atoms with Crippen molar-refractivity contribution >= 4 is 43.5 Å². The lowest BCUT2D eigenvalue weighted by molar-refractivity contribution is -0.140. The zero-order chi connectivity index (χ0) is 29.7. The Morgan fingerprint density at radius 3 is 2.08 bits per heavy atom. The lowest BCUT2D eigenvalue weighted by atomic mass is 10.0. The lowest BCUT2D eigenvalue weighted by Gasteiger charge is -2.33. The van der Waals surface area contributed by atoms with Gasteiger partial charge >= 0.3 is 0 Å². The summed E-state index contributed by atoms with van der Waals surface area (Å²) >= 11 is 3.46. The van der Waals surface area contributed by atoms with E-state index in [1.807, 2.05) is 57.2 Å². The number of hydrogen-bond acceptors (Lipinski definition) is 4. The summed E-state index contributed by atoms with van der Waals surface area (Å²) in [5.74, 6) is -0.559. The van der Waals surface area contributed by atoms with E-state index in [9.17, 15) is 18.0 Å². The molecule has 0 saturated carbocycles. The van der Waals surface area contributed by atoms with Crippen LogP contribution in [0.15, 0.2) is 88.2 Å². The summed E-state index contributed by atoms with van der Waals surface area (Å²) in [6.45, 7) is 11.0. The lowest BCUT2D eigenvalue weighted by Crippen LogP contribution is -2.54. The molecular weight excluding hydrogens is 590 g/mol. The van der Waals surface area contributed by atoms with Gasteiger partial charge in [-0.25, -0.2) is 8.42 Å². The van der Waals surface area contributed by atoms with E-state index in [1.54, 1.807) is 37.3 Å². The maximum absolute atomic E-state index is 14.0. The van der Waals surface area contributed by atoms with Gasteiger partial charge in [-0.3, -0.25) is 13.9 Å². The van der Waals surface area contributed by atoms with Crippen molar-refractivity contribution in [3.63, 3.8) is 0 Å². The van der Waals surface area contributed by atoms with Gasteiger partial charge in [-0.2, -0.15) is 0 Å². The summed E-state index contributed by atoms with van der Waals surface area (Å²) in [5.41, 5.74) is 1.72. The van der Waals surface area contributed by atoms with Crippen LogP contribution in [0, 0.1) is 0 Å². The number of sulfonamides is 1. The molecule has 3 aromatic rings. The third kappa shape index (κ3) is 8.17. The van der Waals surface area contributed by atoms with Crippen molar-refractivity contribution in [2.45, 2.75) is 70.5 Å². The van der Waals surface area contributed by atoms with E-state index in [-0.39, 0.29) is 23.3 Å². The summed E-state index contributed by atoms with van der Waals surface area (Å²) in [6.07, 6.45) is 0. The number of rotatable bonds is 10. The van der Waals surface area contributed by atoms with Gasteiger partial charge in [-0.05, 0) is 81.1 Å². The molecule has 0 unspecified atom stereocenters. The zero-order valence-corrected chi connectivity index (χ0v) is 26.3. The number of benzene rings is 3. The van der Waals surface area contributed by atoms with Gasteiger partial charge in [-0.1, -0.05) is 72.2 Å². The molecule has 0 aliphatic rings. The van der Waals surface area contributed by atoms with E-state index < -0.39 is 34.1 Å². The van der Waals surface area contributed by atoms with Gasteiger partial charge in [0, 0.05) is 16.6 Å². The Kier molecular flexibility index (Phi) is 10.2. The van der Waals surface area contributed by atoms with Gasteiger partial charge in [-0.15, -0.1) is 0 Å². The molecule has 214 valence electrons. The minimum atomic E-state index is -4.09. The predicted molar refractivity (Wildman–Crippen MR) is 164 cm³/mol. The number of anilines is 1. The SMILES string of the molecule is CC(C)c1ccc(N(CC(=O)N(Cc2cccc(Br)c2)[C@H](C)C(=O)NC(C)(C)C)S(=O)(=O)c2ccccc2)cc1. The Morgan fingerprint density at radius 1 is 0.900 bits per heavy atom. The highest BCUT2D eigenvalue weighted by Crippen LogP contribution is 2.27. The van der Waals surface area contributed by atoms with Crippen molar-refractivity contribution in [3.8, 4) is 0 Å². The first-order valence-electron chi connectivity index (χ1n) is 13.2. The molecule has 0 heterocycles. The molecule has 3 aromatic carbocycles. The quantitative estimate of drug-likeness (QED) is 0.294. The van der Waals surface area contributed by atoms with Gasteiger partial charge in [0.05, 0.1) is 10.6 Å². The van der Waals surface area contributed by atoms with Crippen LogP contribution in [0.5, 0.6) is 0 Å². The molecule has 7 nitrogen and oxygen atoms in total. The van der Waals surface area contributed by atoms with Crippen molar-refractivity contribution in [2.24, 2.45) is 0 Å². The molecule has 2 amide bonds. The molecule has 0 aromatic heterocycles. The second-order valence-electron chi connectivity index (χ2n) is 11.1. The topological polar surface area (TPSA) is 86.8 Å². The van der Waals surface area contributed by atoms with E-state index >= 15 is 0 Å². The predicted octanol–water partition coefficient (Wildman–Crippen LogP) is 6.10. The van der Waals surface area contributed by atoms with Crippen LogP contribution in [-0.2, 0) is 26.2 Å². The Hall–Kier alpha value is -3.17. The third-order valence-electron chi connectivity index (χ3n) is 6.37. The summed E-state index contributed by atoms with van der Waals surface area (Å²) in [4.78, 5) is 28.7. The maximum atomic E-state index is 14.0. The van der Waals surface area contributed by atoms with Gasteiger partial charge in [0.25, 0.3) is 10.0 Å². The largest absolute Gasteiger partial charge is 0.350 e. The number of hydrogen-bond donors (Lipinski definition) is 1. The molecule has 1 N–H and O–H groups in total. The second-order valence-corrected chi connectivity index (χ2v) is 13.9. The molecule has 3 rings (SSSR count). The smallest absolute Gasteiger partial charge is 0.264 e. The first-order chi connectivity index (χ1) is 18.7. The van der Waals surface area contributed by atoms with Crippen molar-refractivity contribution in [1.29, 1.82) is 0 Å². The van der Waals surface area contributed by atoms with Gasteiger partial charge in [0.2, 0.25) is 11.8 Å². The van der Waals surface area contributed by atoms with E-state index in [1.165, 1.54) is 17.0 Å². The molecule has 1 atom stereocenters. The Bertz CT molecular complexity index is 1420. The highest BCUT2D eigenvalue weighted by molar-refractivity contribution is 9.10. The highest BCUT2D eigenvalue weighted by Gasteiger charge is 2.33. The number of carbonyl (C=O) groups excluding carboxylic acids is 2. The molecule has 0 spiro atoms. The molecule has 0 aliphatic heterocycles. The Morgan fingerprint density at radius 2 is 1.52 bits per heavy atom. The van der Waals surface area contributed by atoms with E-state index in [2.05, 4.69) is 35.1 Å². The highest BCUT2D eigenvalue weighted by atomic mass is 79.9. The number of amides is 2. The van der Waals surface area contributed by atoms with Crippen LogP contribution >= 0.6 is 15.9 Å². The van der Waals surface area contributed by atoms with Crippen LogP contribution in [0.25, 0.3) is 0 Å². The number of nitrogens with zero attached hydrogens (tertiary/aromatic N) is 2. The van der Waals surface area contributed by atoms with Crippen LogP contribution < -0.4 is 9.62 Å². The van der Waals surface area contributed by atoms with Crippen LogP contribution in [0.1, 0.15) is 58.6 Å². The number of carbonyl (C=O) groups is 2. The molecular formula is C31H38BrN3O4S. The monoisotopic (exact) mass is 627 g/mol. The Balaban J connectivity index is 2.04. The fraction of sp³-hybridized carbons (Fsp3) is 0.355. The fourth-order valence-electron chi connectivity index (χ4n) is 4.16. The third-order valence-corrected chi connectivity index (χ3v) is 8.65. The van der Waals surface area contributed by atoms with Crippen LogP contribution in [-0.4, -0.2) is 43.3 Å². The van der Waals surface area contributed by atoms with E-state index in [0.29, 0.717) is 5.69 Å². The minimum Gasteiger partial charge on any atom is -0.350 e. The standard InChI is InChI=1S/C31H38BrN3O4S/c1-22(2)25-15-17-27(18-16-25)35(40(38,39)28-13-8-7-9-14-28)21-29(36)34(20-24-11-10-12-26(32)19-24)23(3)30(37)33-31(4,5)6/h7-19,22-23H,20-21H2,1-6H3,(H,33,37)/t23-/m1/s1. The summed E-state index contributed by atoms with van der Waals surface area (Å²) in [6, 6.07) is 21.8. The van der Waals surface area contributed by atoms with E-state index in [0.717, 1.165) is 19.9 Å². The maximum Gasteiger partial charge on any atom is 0.264 e. The second kappa shape index (κ2) is 13.0. The van der Waals surface area contributed by atoms with Crippen molar-refractivity contribution in [2.75, 3.05) is 10.8 Å². The average molecular weight is 629 g/mol. The van der Waals surface area contributed by atoms with Crippen molar-refractivity contribution < 1.29 is 18.0 Å². The zero-order valence-electron chi connectivity index (χ0n) is 23.9. The van der Waals surface area contributed by atoms with Gasteiger partial charge in [0.15, 0.2) is 0 Å². The molecule has 0 bridgehead atoms. The van der Waals surface area contributed by atoms with Crippen LogP contribution in [0.3, 0.4) is 0 Å². The average Bonchev–Trinajstić information content (AvgIpc) is 2.89. The van der Waals surface area contributed by atoms with Crippen molar-refractivity contribution in [3.05, 3.63) is 94.5 Å². The first kappa shape index (κ1) is 31.4. The van der Waals surface area contributed by atoms with Crippen LogP contribution in [0.4, 0.5) is 5.69 Å². The van der Waals surface area contributed by atoms with Crippen LogP contribution in [0.2, 0.25) is 0 Å². The molecule has 0 radical (unpaired) electrons. The Labute approximate surface area is 246 Å². The molecule has 0 aliphatic carbocycles. The number of nitrogens with one attached hydrogen (secondary N) is 1. The number of halogens is 1. The minimum absolute atomic E-state index is 0.0767. The first-order valence-corrected chi connectivity index (χ1v) is 15.5. The van der Waals surface area contributed by atoms with E-state index in [4.69, 9.17) is 0 Å². The summed E-state index contributed by atoms with van der Waals surface area (Å²) in [5, 5.41) is 2.94. The fourth-order valence-corrected chi connectivity index (χ4v) is 6.04. The van der Waals surface area contributed by atoms with Crippen molar-refractivity contribution in [1.82, 2.24) is 10.2 Å². The van der Waals surface area contributed by atoms with Gasteiger partial charge in [0.1, 0.15) is 12.6 Å². The molecule has 0 saturated heterocycles. The van der Waals surface area contributed by atoms with Gasteiger partial charge < -0.3 is 10.2 Å². The molecule has 40 heavy (non-hydrogen) atoms. The molecule has 9 heteroatoms. The summed E-state index contributed by atoms with van der Waals surface area (Å²) in [7, 11) is -4.09.